The number of amides is 2. The third-order valence-corrected chi connectivity index (χ3v) is 3.55. The predicted octanol–water partition coefficient (Wildman–Crippen LogP) is 1.10. The van der Waals surface area contributed by atoms with Crippen molar-refractivity contribution < 1.29 is 14.3 Å². The monoisotopic (exact) mass is 320 g/mol. The van der Waals surface area contributed by atoms with Crippen LogP contribution >= 0.6 is 0 Å². The standard InChI is InChI=1S/C16H24N4O3/c1-16(2,3)23-15(22)19-8-9-20(12(10-17)11-19)14(21)13-6-4-5-7-18-13/h4-7,12H,8-11,17H2,1-3H3. The van der Waals surface area contributed by atoms with Crippen LogP contribution in [0.1, 0.15) is 31.3 Å². The van der Waals surface area contributed by atoms with Crippen LogP contribution in [0.25, 0.3) is 0 Å². The maximum atomic E-state index is 12.5. The second-order valence-corrected chi connectivity index (χ2v) is 6.53. The molecule has 0 spiro atoms. The Morgan fingerprint density at radius 3 is 2.65 bits per heavy atom. The Balaban J connectivity index is 2.05. The van der Waals surface area contributed by atoms with Gasteiger partial charge in [0.15, 0.2) is 0 Å². The van der Waals surface area contributed by atoms with Gasteiger partial charge in [-0.25, -0.2) is 4.79 Å². The summed E-state index contributed by atoms with van der Waals surface area (Å²) >= 11 is 0. The second-order valence-electron chi connectivity index (χ2n) is 6.53. The third-order valence-electron chi connectivity index (χ3n) is 3.55. The number of aromatic nitrogens is 1. The van der Waals surface area contributed by atoms with Gasteiger partial charge in [-0.15, -0.1) is 0 Å². The van der Waals surface area contributed by atoms with Crippen molar-refractivity contribution in [3.63, 3.8) is 0 Å². The van der Waals surface area contributed by atoms with Gasteiger partial charge < -0.3 is 20.3 Å². The van der Waals surface area contributed by atoms with Gasteiger partial charge in [0.25, 0.3) is 5.91 Å². The summed E-state index contributed by atoms with van der Waals surface area (Å²) in [6.45, 7) is 6.95. The van der Waals surface area contributed by atoms with Crippen molar-refractivity contribution in [1.82, 2.24) is 14.8 Å². The summed E-state index contributed by atoms with van der Waals surface area (Å²) in [5, 5.41) is 0. The average Bonchev–Trinajstić information content (AvgIpc) is 2.52. The fourth-order valence-electron chi connectivity index (χ4n) is 2.45. The first-order valence-corrected chi connectivity index (χ1v) is 7.72. The van der Waals surface area contributed by atoms with Gasteiger partial charge in [0.2, 0.25) is 0 Å². The minimum atomic E-state index is -0.545. The lowest BCUT2D eigenvalue weighted by molar-refractivity contribution is 0.00516. The summed E-state index contributed by atoms with van der Waals surface area (Å²) < 4.78 is 5.38. The molecule has 2 rings (SSSR count). The molecule has 1 fully saturated rings. The minimum Gasteiger partial charge on any atom is -0.444 e. The molecule has 1 aromatic rings. The van der Waals surface area contributed by atoms with Gasteiger partial charge in [0.1, 0.15) is 11.3 Å². The first kappa shape index (κ1) is 17.2. The Morgan fingerprint density at radius 1 is 1.35 bits per heavy atom. The number of piperazine rings is 1. The Labute approximate surface area is 136 Å². The molecule has 0 aromatic carbocycles. The van der Waals surface area contributed by atoms with E-state index >= 15 is 0 Å². The van der Waals surface area contributed by atoms with E-state index in [-0.39, 0.29) is 24.6 Å². The zero-order valence-electron chi connectivity index (χ0n) is 13.9. The van der Waals surface area contributed by atoms with E-state index in [0.717, 1.165) is 0 Å². The molecule has 1 aliphatic rings. The van der Waals surface area contributed by atoms with Crippen molar-refractivity contribution in [2.45, 2.75) is 32.4 Å². The zero-order valence-corrected chi connectivity index (χ0v) is 13.9. The van der Waals surface area contributed by atoms with Gasteiger partial charge in [0.05, 0.1) is 6.04 Å². The van der Waals surface area contributed by atoms with Crippen LogP contribution < -0.4 is 5.73 Å². The summed E-state index contributed by atoms with van der Waals surface area (Å²) in [6, 6.07) is 4.97. The lowest BCUT2D eigenvalue weighted by atomic mass is 10.1. The summed E-state index contributed by atoms with van der Waals surface area (Å²) in [7, 11) is 0. The lowest BCUT2D eigenvalue weighted by Crippen LogP contribution is -2.59. The number of carbonyl (C=O) groups excluding carboxylic acids is 2. The van der Waals surface area contributed by atoms with E-state index in [1.807, 2.05) is 20.8 Å². The van der Waals surface area contributed by atoms with E-state index in [1.165, 1.54) is 0 Å². The zero-order chi connectivity index (χ0) is 17.0. The van der Waals surface area contributed by atoms with Gasteiger partial charge >= 0.3 is 6.09 Å². The van der Waals surface area contributed by atoms with Crippen LogP contribution in [-0.4, -0.2) is 64.6 Å². The summed E-state index contributed by atoms with van der Waals surface area (Å²) in [5.74, 6) is -0.162. The topological polar surface area (TPSA) is 88.8 Å². The highest BCUT2D eigenvalue weighted by Crippen LogP contribution is 2.16. The van der Waals surface area contributed by atoms with Crippen molar-refractivity contribution in [3.8, 4) is 0 Å². The van der Waals surface area contributed by atoms with Crippen molar-refractivity contribution in [2.75, 3.05) is 26.2 Å². The van der Waals surface area contributed by atoms with Crippen molar-refractivity contribution in [2.24, 2.45) is 5.73 Å². The molecular formula is C16H24N4O3. The van der Waals surface area contributed by atoms with Gasteiger partial charge in [-0.1, -0.05) is 6.07 Å². The van der Waals surface area contributed by atoms with Crippen molar-refractivity contribution >= 4 is 12.0 Å². The SMILES string of the molecule is CC(C)(C)OC(=O)N1CCN(C(=O)c2ccccn2)C(CN)C1. The Kier molecular flexibility index (Phi) is 5.20. The van der Waals surface area contributed by atoms with Crippen LogP contribution in [0.5, 0.6) is 0 Å². The molecule has 7 nitrogen and oxygen atoms in total. The van der Waals surface area contributed by atoms with E-state index in [0.29, 0.717) is 25.3 Å². The Hall–Kier alpha value is -2.15. The summed E-state index contributed by atoms with van der Waals surface area (Å²) in [4.78, 5) is 32.1. The Bertz CT molecular complexity index is 556. The molecule has 0 aliphatic carbocycles. The molecule has 0 radical (unpaired) electrons. The number of nitrogens with two attached hydrogens (primary N) is 1. The van der Waals surface area contributed by atoms with Crippen LogP contribution in [0, 0.1) is 0 Å². The molecule has 2 N–H and O–H groups in total. The highest BCUT2D eigenvalue weighted by atomic mass is 16.6. The van der Waals surface area contributed by atoms with Gasteiger partial charge in [0, 0.05) is 32.4 Å². The quantitative estimate of drug-likeness (QED) is 0.881. The van der Waals surface area contributed by atoms with Crippen molar-refractivity contribution in [1.29, 1.82) is 0 Å². The normalized spacial score (nSPS) is 18.7. The number of hydrogen-bond donors (Lipinski definition) is 1. The lowest BCUT2D eigenvalue weighted by Gasteiger charge is -2.41. The molecule has 0 bridgehead atoms. The number of carbonyl (C=O) groups is 2. The smallest absolute Gasteiger partial charge is 0.410 e. The van der Waals surface area contributed by atoms with Crippen LogP contribution in [0.4, 0.5) is 4.79 Å². The maximum Gasteiger partial charge on any atom is 0.410 e. The van der Waals surface area contributed by atoms with Crippen LogP contribution in [-0.2, 0) is 4.74 Å². The fraction of sp³-hybridized carbons (Fsp3) is 0.562. The molecule has 2 amide bonds. The van der Waals surface area contributed by atoms with Crippen molar-refractivity contribution in [3.05, 3.63) is 30.1 Å². The molecule has 126 valence electrons. The first-order valence-electron chi connectivity index (χ1n) is 7.72. The molecular weight excluding hydrogens is 296 g/mol. The van der Waals surface area contributed by atoms with Crippen LogP contribution in [0.15, 0.2) is 24.4 Å². The summed E-state index contributed by atoms with van der Waals surface area (Å²) in [5.41, 5.74) is 5.65. The number of hydrogen-bond acceptors (Lipinski definition) is 5. The molecule has 2 heterocycles. The maximum absolute atomic E-state index is 12.5. The number of nitrogens with zero attached hydrogens (tertiary/aromatic N) is 3. The molecule has 1 saturated heterocycles. The highest BCUT2D eigenvalue weighted by Gasteiger charge is 2.34. The molecule has 7 heteroatoms. The molecule has 23 heavy (non-hydrogen) atoms. The van der Waals surface area contributed by atoms with E-state index < -0.39 is 5.60 Å². The molecule has 1 aliphatic heterocycles. The second kappa shape index (κ2) is 6.95. The van der Waals surface area contributed by atoms with E-state index in [2.05, 4.69) is 4.98 Å². The van der Waals surface area contributed by atoms with E-state index in [4.69, 9.17) is 10.5 Å². The largest absolute Gasteiger partial charge is 0.444 e. The number of rotatable bonds is 2. The molecule has 1 unspecified atom stereocenters. The van der Waals surface area contributed by atoms with Gasteiger partial charge in [-0.05, 0) is 32.9 Å². The average molecular weight is 320 g/mol. The van der Waals surface area contributed by atoms with Gasteiger partial charge in [-0.2, -0.15) is 0 Å². The van der Waals surface area contributed by atoms with E-state index in [1.54, 1.807) is 34.2 Å². The molecule has 0 saturated carbocycles. The Morgan fingerprint density at radius 2 is 2.09 bits per heavy atom. The summed E-state index contributed by atoms with van der Waals surface area (Å²) in [6.07, 6.45) is 1.21. The van der Waals surface area contributed by atoms with Crippen LogP contribution in [0.2, 0.25) is 0 Å². The molecule has 1 atom stereocenters. The molecule has 1 aromatic heterocycles. The highest BCUT2D eigenvalue weighted by molar-refractivity contribution is 5.92. The predicted molar refractivity (Wildman–Crippen MR) is 85.9 cm³/mol. The van der Waals surface area contributed by atoms with E-state index in [9.17, 15) is 9.59 Å². The minimum absolute atomic E-state index is 0.162. The third kappa shape index (κ3) is 4.41. The fourth-order valence-corrected chi connectivity index (χ4v) is 2.45. The van der Waals surface area contributed by atoms with Crippen LogP contribution in [0.3, 0.4) is 0 Å². The number of ether oxygens (including phenoxy) is 1. The van der Waals surface area contributed by atoms with Gasteiger partial charge in [-0.3, -0.25) is 9.78 Å². The first-order chi connectivity index (χ1) is 10.8. The number of pyridine rings is 1.